The highest BCUT2D eigenvalue weighted by molar-refractivity contribution is 8.03. The molecule has 0 fully saturated rings. The number of aliphatic carboxylic acids is 1. The lowest BCUT2D eigenvalue weighted by Gasteiger charge is -2.20. The van der Waals surface area contributed by atoms with E-state index < -0.39 is 12.0 Å². The van der Waals surface area contributed by atoms with E-state index in [0.29, 0.717) is 6.42 Å². The minimum Gasteiger partial charge on any atom is -0.481 e. The van der Waals surface area contributed by atoms with E-state index in [1.54, 1.807) is 11.8 Å². The van der Waals surface area contributed by atoms with Crippen molar-refractivity contribution in [3.63, 3.8) is 0 Å². The highest BCUT2D eigenvalue weighted by Crippen LogP contribution is 2.27. The summed E-state index contributed by atoms with van der Waals surface area (Å²) in [7, 11) is 0. The molecule has 0 aromatic heterocycles. The number of thioether (sulfide) groups is 1. The van der Waals surface area contributed by atoms with E-state index in [4.69, 9.17) is 5.11 Å². The Bertz CT molecular complexity index is 376. The lowest BCUT2D eigenvalue weighted by molar-refractivity contribution is -0.137. The zero-order valence-corrected chi connectivity index (χ0v) is 11.5. The Morgan fingerprint density at radius 1 is 1.47 bits per heavy atom. The van der Waals surface area contributed by atoms with Crippen LogP contribution in [0.15, 0.2) is 11.5 Å². The molecule has 0 aromatic carbocycles. The zero-order valence-electron chi connectivity index (χ0n) is 10.7. The first-order valence-corrected chi connectivity index (χ1v) is 7.00. The largest absolute Gasteiger partial charge is 0.481 e. The van der Waals surface area contributed by atoms with E-state index in [9.17, 15) is 14.4 Å². The molecule has 0 bridgehead atoms. The number of carbonyl (C=O) groups excluding carboxylic acids is 2. The third kappa shape index (κ3) is 6.28. The number of nitrogens with one attached hydrogen (secondary N) is 2. The van der Waals surface area contributed by atoms with Crippen LogP contribution in [0.25, 0.3) is 0 Å². The van der Waals surface area contributed by atoms with Crippen LogP contribution in [0.2, 0.25) is 0 Å². The summed E-state index contributed by atoms with van der Waals surface area (Å²) < 4.78 is 0. The summed E-state index contributed by atoms with van der Waals surface area (Å²) >= 11 is 1.64. The van der Waals surface area contributed by atoms with Gasteiger partial charge in [-0.3, -0.25) is 14.4 Å². The van der Waals surface area contributed by atoms with Crippen molar-refractivity contribution in [3.8, 4) is 0 Å². The summed E-state index contributed by atoms with van der Waals surface area (Å²) in [5.74, 6) is -1.56. The molecule has 1 rings (SSSR count). The molecule has 0 saturated heterocycles. The first kappa shape index (κ1) is 15.6. The van der Waals surface area contributed by atoms with Gasteiger partial charge in [-0.15, -0.1) is 11.8 Å². The summed E-state index contributed by atoms with van der Waals surface area (Å²) in [4.78, 5) is 33.4. The van der Waals surface area contributed by atoms with Gasteiger partial charge in [-0.1, -0.05) is 6.08 Å². The monoisotopic (exact) mass is 286 g/mol. The Labute approximate surface area is 116 Å². The van der Waals surface area contributed by atoms with E-state index in [-0.39, 0.29) is 30.0 Å². The van der Waals surface area contributed by atoms with Crippen molar-refractivity contribution in [2.75, 3.05) is 6.54 Å². The van der Waals surface area contributed by atoms with Gasteiger partial charge >= 0.3 is 5.97 Å². The van der Waals surface area contributed by atoms with Crippen LogP contribution in [0.4, 0.5) is 0 Å². The van der Waals surface area contributed by atoms with Crippen LogP contribution < -0.4 is 10.6 Å². The van der Waals surface area contributed by atoms with Gasteiger partial charge in [-0.05, 0) is 18.2 Å². The number of rotatable bonds is 7. The van der Waals surface area contributed by atoms with Crippen LogP contribution in [0.3, 0.4) is 0 Å². The van der Waals surface area contributed by atoms with Crippen LogP contribution >= 0.6 is 11.8 Å². The predicted molar refractivity (Wildman–Crippen MR) is 72.6 cm³/mol. The molecule has 1 unspecified atom stereocenters. The van der Waals surface area contributed by atoms with Crippen LogP contribution in [0, 0.1) is 0 Å². The fourth-order valence-corrected chi connectivity index (χ4v) is 2.71. The van der Waals surface area contributed by atoms with Crippen LogP contribution in [0.1, 0.15) is 26.2 Å². The van der Waals surface area contributed by atoms with Gasteiger partial charge in [0.05, 0.1) is 6.42 Å². The number of carboxylic acid groups (broad SMARTS) is 1. The van der Waals surface area contributed by atoms with Crippen LogP contribution in [-0.4, -0.2) is 40.7 Å². The summed E-state index contributed by atoms with van der Waals surface area (Å²) in [6.45, 7) is 1.43. The molecule has 2 amide bonds. The molecule has 1 aliphatic rings. The number of carbonyl (C=O) groups is 3. The van der Waals surface area contributed by atoms with Gasteiger partial charge in [0.2, 0.25) is 11.8 Å². The van der Waals surface area contributed by atoms with E-state index in [1.165, 1.54) is 6.92 Å². The third-order valence-electron chi connectivity index (χ3n) is 2.60. The fraction of sp³-hybridized carbons (Fsp3) is 0.583. The molecule has 0 saturated carbocycles. The zero-order chi connectivity index (χ0) is 14.3. The minimum atomic E-state index is -0.966. The maximum Gasteiger partial charge on any atom is 0.305 e. The number of amides is 2. The Kier molecular flexibility index (Phi) is 6.41. The van der Waals surface area contributed by atoms with E-state index in [1.807, 2.05) is 11.5 Å². The first-order valence-electron chi connectivity index (χ1n) is 6.06. The third-order valence-corrected chi connectivity index (χ3v) is 3.72. The molecule has 1 heterocycles. The lowest BCUT2D eigenvalue weighted by Crippen LogP contribution is -2.47. The fourth-order valence-electron chi connectivity index (χ4n) is 1.74. The van der Waals surface area contributed by atoms with Gasteiger partial charge in [-0.25, -0.2) is 0 Å². The molecule has 106 valence electrons. The smallest absolute Gasteiger partial charge is 0.305 e. The lowest BCUT2D eigenvalue weighted by atomic mass is 10.1. The molecular formula is C12H18N2O4S. The summed E-state index contributed by atoms with van der Waals surface area (Å²) in [5, 5.41) is 15.9. The van der Waals surface area contributed by atoms with Crippen molar-refractivity contribution in [3.05, 3.63) is 11.5 Å². The minimum absolute atomic E-state index is 0.0698. The molecule has 19 heavy (non-hydrogen) atoms. The van der Waals surface area contributed by atoms with Gasteiger partial charge in [0.25, 0.3) is 0 Å². The van der Waals surface area contributed by atoms with Gasteiger partial charge < -0.3 is 15.7 Å². The molecular weight excluding hydrogens is 268 g/mol. The Morgan fingerprint density at radius 3 is 2.74 bits per heavy atom. The normalized spacial score (nSPS) is 18.9. The van der Waals surface area contributed by atoms with Gasteiger partial charge in [0.1, 0.15) is 6.04 Å². The predicted octanol–water partition coefficient (Wildman–Crippen LogP) is 0.491. The van der Waals surface area contributed by atoms with Crippen LogP contribution in [-0.2, 0) is 14.4 Å². The highest BCUT2D eigenvalue weighted by Gasteiger charge is 2.24. The van der Waals surface area contributed by atoms with E-state index in [2.05, 4.69) is 10.6 Å². The number of hydrogen-bond donors (Lipinski definition) is 3. The summed E-state index contributed by atoms with van der Waals surface area (Å²) in [6.07, 6.45) is 3.32. The Morgan fingerprint density at radius 2 is 2.21 bits per heavy atom. The quantitative estimate of drug-likeness (QED) is 0.633. The van der Waals surface area contributed by atoms with Crippen molar-refractivity contribution in [1.29, 1.82) is 0 Å². The second-order valence-corrected chi connectivity index (χ2v) is 5.50. The van der Waals surface area contributed by atoms with Gasteiger partial charge in [0.15, 0.2) is 0 Å². The van der Waals surface area contributed by atoms with E-state index >= 15 is 0 Å². The van der Waals surface area contributed by atoms with Crippen molar-refractivity contribution in [2.45, 2.75) is 37.5 Å². The molecule has 3 N–H and O–H groups in total. The molecule has 0 radical (unpaired) electrons. The molecule has 7 heteroatoms. The van der Waals surface area contributed by atoms with Gasteiger partial charge in [-0.2, -0.15) is 0 Å². The number of carboxylic acids is 1. The Hall–Kier alpha value is -1.50. The number of hydrogen-bond acceptors (Lipinski definition) is 4. The second-order valence-electron chi connectivity index (χ2n) is 4.29. The SMILES string of the molecule is CC(=O)N[C@@H](CC1CC=CS1)C(=O)NCCC(=O)O. The topological polar surface area (TPSA) is 95.5 Å². The maximum absolute atomic E-state index is 11.9. The molecule has 6 nitrogen and oxygen atoms in total. The standard InChI is InChI=1S/C12H18N2O4S/c1-8(15)14-10(7-9-3-2-6-19-9)12(18)13-5-4-11(16)17/h2,6,9-10H,3-5,7H2,1H3,(H,13,18)(H,14,15)(H,16,17)/t9?,10-/m0/s1. The Balaban J connectivity index is 2.44. The maximum atomic E-state index is 11.9. The average Bonchev–Trinajstić information content (AvgIpc) is 2.79. The first-order chi connectivity index (χ1) is 8.99. The number of allylic oxidation sites excluding steroid dienone is 1. The van der Waals surface area contributed by atoms with Crippen LogP contribution in [0.5, 0.6) is 0 Å². The molecule has 0 spiro atoms. The molecule has 0 aromatic rings. The highest BCUT2D eigenvalue weighted by atomic mass is 32.2. The second kappa shape index (κ2) is 7.83. The van der Waals surface area contributed by atoms with E-state index in [0.717, 1.165) is 6.42 Å². The van der Waals surface area contributed by atoms with Crippen molar-refractivity contribution in [2.24, 2.45) is 0 Å². The van der Waals surface area contributed by atoms with Crippen molar-refractivity contribution >= 4 is 29.5 Å². The summed E-state index contributed by atoms with van der Waals surface area (Å²) in [5.41, 5.74) is 0. The van der Waals surface area contributed by atoms with Crippen molar-refractivity contribution < 1.29 is 19.5 Å². The van der Waals surface area contributed by atoms with Crippen molar-refractivity contribution in [1.82, 2.24) is 10.6 Å². The molecule has 0 aliphatic carbocycles. The average molecular weight is 286 g/mol. The molecule has 2 atom stereocenters. The summed E-state index contributed by atoms with van der Waals surface area (Å²) in [6, 6.07) is -0.608. The van der Waals surface area contributed by atoms with Gasteiger partial charge in [0, 0.05) is 18.7 Å². The molecule has 1 aliphatic heterocycles.